The van der Waals surface area contributed by atoms with E-state index >= 15 is 0 Å². The van der Waals surface area contributed by atoms with Gasteiger partial charge in [-0.3, -0.25) is 0 Å². The van der Waals surface area contributed by atoms with Crippen LogP contribution in [0.15, 0.2) is 29.2 Å². The molecule has 3 rings (SSSR count). The summed E-state index contributed by atoms with van der Waals surface area (Å²) in [6, 6.07) is 9.02. The van der Waals surface area contributed by atoms with Gasteiger partial charge in [-0.2, -0.15) is 0 Å². The summed E-state index contributed by atoms with van der Waals surface area (Å²) in [5.74, 6) is 0. The van der Waals surface area contributed by atoms with Crippen molar-refractivity contribution < 1.29 is 0 Å². The van der Waals surface area contributed by atoms with E-state index in [2.05, 4.69) is 48.3 Å². The van der Waals surface area contributed by atoms with Crippen molar-refractivity contribution in [3.63, 3.8) is 0 Å². The molecule has 21 heavy (non-hydrogen) atoms. The fourth-order valence-electron chi connectivity index (χ4n) is 4.14. The van der Waals surface area contributed by atoms with E-state index in [1.54, 1.807) is 5.56 Å². The van der Waals surface area contributed by atoms with Gasteiger partial charge in [0.05, 0.1) is 0 Å². The van der Waals surface area contributed by atoms with E-state index in [0.717, 1.165) is 5.25 Å². The standard InChI is InChI=1S/C19H29NS/c1-2-12-20-15-19(10-6-3-7-11-19)14-17-13-16-8-4-5-9-18(16)21-17/h4-5,8-9,17,20H,2-3,6-7,10-15H2,1H3. The fraction of sp³-hybridized carbons (Fsp3) is 0.684. The average molecular weight is 304 g/mol. The first-order valence-electron chi connectivity index (χ1n) is 8.77. The Morgan fingerprint density at radius 1 is 1.19 bits per heavy atom. The summed E-state index contributed by atoms with van der Waals surface area (Å²) in [6.45, 7) is 4.69. The monoisotopic (exact) mass is 303 g/mol. The maximum absolute atomic E-state index is 3.73. The SMILES string of the molecule is CCCNCC1(CC2Cc3ccccc3S2)CCCCC1. The van der Waals surface area contributed by atoms with Crippen LogP contribution >= 0.6 is 11.8 Å². The minimum atomic E-state index is 0.577. The molecule has 1 nitrogen and oxygen atoms in total. The quantitative estimate of drug-likeness (QED) is 0.739. The second-order valence-electron chi connectivity index (χ2n) is 6.99. The Bertz CT molecular complexity index is 426. The molecule has 116 valence electrons. The summed E-state index contributed by atoms with van der Waals surface area (Å²) in [5, 5.41) is 4.54. The zero-order valence-corrected chi connectivity index (χ0v) is 14.2. The topological polar surface area (TPSA) is 12.0 Å². The molecule has 1 atom stereocenters. The van der Waals surface area contributed by atoms with Crippen molar-refractivity contribution in [3.8, 4) is 0 Å². The maximum atomic E-state index is 3.73. The molecule has 0 aromatic heterocycles. The van der Waals surface area contributed by atoms with Gasteiger partial charge in [-0.25, -0.2) is 0 Å². The summed E-state index contributed by atoms with van der Waals surface area (Å²) in [5.41, 5.74) is 2.16. The Morgan fingerprint density at radius 2 is 2.00 bits per heavy atom. The molecule has 1 aromatic carbocycles. The van der Waals surface area contributed by atoms with Crippen LogP contribution in [-0.4, -0.2) is 18.3 Å². The van der Waals surface area contributed by atoms with Crippen LogP contribution in [0.3, 0.4) is 0 Å². The van der Waals surface area contributed by atoms with Gasteiger partial charge in [-0.15, -0.1) is 11.8 Å². The molecule has 1 aliphatic heterocycles. The number of fused-ring (bicyclic) bond motifs is 1. The van der Waals surface area contributed by atoms with Crippen LogP contribution in [0.2, 0.25) is 0 Å². The molecule has 0 saturated heterocycles. The average Bonchev–Trinajstić information content (AvgIpc) is 2.90. The van der Waals surface area contributed by atoms with Gasteiger partial charge in [-0.1, -0.05) is 44.4 Å². The normalized spacial score (nSPS) is 24.0. The van der Waals surface area contributed by atoms with Crippen molar-refractivity contribution in [1.29, 1.82) is 0 Å². The van der Waals surface area contributed by atoms with E-state index in [0.29, 0.717) is 5.41 Å². The van der Waals surface area contributed by atoms with E-state index in [9.17, 15) is 0 Å². The molecule has 1 N–H and O–H groups in total. The predicted octanol–water partition coefficient (Wildman–Crippen LogP) is 5.04. The highest BCUT2D eigenvalue weighted by atomic mass is 32.2. The van der Waals surface area contributed by atoms with Crippen molar-refractivity contribution in [2.24, 2.45) is 5.41 Å². The maximum Gasteiger partial charge on any atom is 0.0141 e. The van der Waals surface area contributed by atoms with Crippen molar-refractivity contribution in [2.75, 3.05) is 13.1 Å². The van der Waals surface area contributed by atoms with Crippen molar-refractivity contribution in [2.45, 2.75) is 68.4 Å². The van der Waals surface area contributed by atoms with Gasteiger partial charge in [-0.05, 0) is 55.7 Å². The molecule has 1 heterocycles. The van der Waals surface area contributed by atoms with Crippen LogP contribution in [0, 0.1) is 5.41 Å². The van der Waals surface area contributed by atoms with E-state index in [1.807, 2.05) is 0 Å². The zero-order valence-electron chi connectivity index (χ0n) is 13.4. The van der Waals surface area contributed by atoms with Crippen LogP contribution in [-0.2, 0) is 6.42 Å². The zero-order chi connectivity index (χ0) is 14.5. The second kappa shape index (κ2) is 7.19. The van der Waals surface area contributed by atoms with E-state index in [1.165, 1.54) is 69.4 Å². The lowest BCUT2D eigenvalue weighted by Crippen LogP contribution is -2.38. The van der Waals surface area contributed by atoms with Gasteiger partial charge in [0.25, 0.3) is 0 Å². The Kier molecular flexibility index (Phi) is 5.29. The molecule has 2 heteroatoms. The molecule has 0 bridgehead atoms. The number of hydrogen-bond donors (Lipinski definition) is 1. The van der Waals surface area contributed by atoms with Crippen LogP contribution < -0.4 is 5.32 Å². The van der Waals surface area contributed by atoms with Crippen molar-refractivity contribution in [1.82, 2.24) is 5.32 Å². The molecule has 1 unspecified atom stereocenters. The van der Waals surface area contributed by atoms with E-state index < -0.39 is 0 Å². The molecular weight excluding hydrogens is 274 g/mol. The van der Waals surface area contributed by atoms with Gasteiger partial charge < -0.3 is 5.32 Å². The summed E-state index contributed by atoms with van der Waals surface area (Å²) in [6.07, 6.45) is 11.2. The lowest BCUT2D eigenvalue weighted by molar-refractivity contribution is 0.166. The van der Waals surface area contributed by atoms with Crippen LogP contribution in [0.1, 0.15) is 57.4 Å². The van der Waals surface area contributed by atoms with E-state index in [4.69, 9.17) is 0 Å². The molecule has 0 amide bonds. The highest BCUT2D eigenvalue weighted by molar-refractivity contribution is 8.00. The van der Waals surface area contributed by atoms with Gasteiger partial charge in [0.2, 0.25) is 0 Å². The largest absolute Gasteiger partial charge is 0.316 e. The van der Waals surface area contributed by atoms with Crippen molar-refractivity contribution >= 4 is 11.8 Å². The summed E-state index contributed by atoms with van der Waals surface area (Å²) >= 11 is 2.14. The Balaban J connectivity index is 1.62. The van der Waals surface area contributed by atoms with E-state index in [-0.39, 0.29) is 0 Å². The molecule has 0 radical (unpaired) electrons. The predicted molar refractivity (Wildman–Crippen MR) is 93.1 cm³/mol. The van der Waals surface area contributed by atoms with Crippen LogP contribution in [0.4, 0.5) is 0 Å². The minimum absolute atomic E-state index is 0.577. The smallest absolute Gasteiger partial charge is 0.0141 e. The molecule has 1 saturated carbocycles. The summed E-state index contributed by atoms with van der Waals surface area (Å²) < 4.78 is 0. The molecule has 2 aliphatic rings. The van der Waals surface area contributed by atoms with Crippen LogP contribution in [0.5, 0.6) is 0 Å². The minimum Gasteiger partial charge on any atom is -0.316 e. The second-order valence-corrected chi connectivity index (χ2v) is 8.34. The lowest BCUT2D eigenvalue weighted by Gasteiger charge is -2.39. The Hall–Kier alpha value is -0.470. The first-order chi connectivity index (χ1) is 10.3. The number of benzene rings is 1. The number of hydrogen-bond acceptors (Lipinski definition) is 2. The first kappa shape index (κ1) is 15.4. The number of rotatable bonds is 6. The highest BCUT2D eigenvalue weighted by Crippen LogP contribution is 2.47. The Morgan fingerprint density at radius 3 is 2.76 bits per heavy atom. The van der Waals surface area contributed by atoms with Crippen LogP contribution in [0.25, 0.3) is 0 Å². The Labute approximate surface area is 134 Å². The molecule has 1 aliphatic carbocycles. The van der Waals surface area contributed by atoms with Crippen molar-refractivity contribution in [3.05, 3.63) is 29.8 Å². The third-order valence-electron chi connectivity index (χ3n) is 5.22. The van der Waals surface area contributed by atoms with Gasteiger partial charge >= 0.3 is 0 Å². The lowest BCUT2D eigenvalue weighted by atomic mass is 9.70. The van der Waals surface area contributed by atoms with Gasteiger partial charge in [0.15, 0.2) is 0 Å². The number of thioether (sulfide) groups is 1. The van der Waals surface area contributed by atoms with Gasteiger partial charge in [0.1, 0.15) is 0 Å². The summed E-state index contributed by atoms with van der Waals surface area (Å²) in [7, 11) is 0. The molecule has 1 fully saturated rings. The number of nitrogens with one attached hydrogen (secondary N) is 1. The summed E-state index contributed by atoms with van der Waals surface area (Å²) in [4.78, 5) is 1.54. The molecular formula is C19H29NS. The van der Waals surface area contributed by atoms with Gasteiger partial charge in [0, 0.05) is 16.7 Å². The highest BCUT2D eigenvalue weighted by Gasteiger charge is 2.36. The fourth-order valence-corrected chi connectivity index (χ4v) is 5.65. The molecule has 0 spiro atoms. The molecule has 1 aromatic rings. The third-order valence-corrected chi connectivity index (χ3v) is 6.53. The first-order valence-corrected chi connectivity index (χ1v) is 9.65. The third kappa shape index (κ3) is 3.84.